The third-order valence-electron chi connectivity index (χ3n) is 7.92. The van der Waals surface area contributed by atoms with Gasteiger partial charge in [-0.15, -0.1) is 0 Å². The smallest absolute Gasteiger partial charge is 0.150 e. The van der Waals surface area contributed by atoms with E-state index >= 15 is 0 Å². The molecule has 0 spiro atoms. The lowest BCUT2D eigenvalue weighted by Crippen LogP contribution is -2.44. The summed E-state index contributed by atoms with van der Waals surface area (Å²) in [7, 11) is 0. The molecular weight excluding hydrogens is 348 g/mol. The molecule has 2 N–H and O–H groups in total. The normalized spacial score (nSPS) is 39.7. The van der Waals surface area contributed by atoms with Crippen molar-refractivity contribution in [1.29, 1.82) is 0 Å². The second-order valence-corrected chi connectivity index (χ2v) is 9.21. The summed E-state index contributed by atoms with van der Waals surface area (Å²) in [5, 5.41) is 15.0. The van der Waals surface area contributed by atoms with E-state index in [2.05, 4.69) is 41.4 Å². The van der Waals surface area contributed by atoms with Crippen molar-refractivity contribution in [2.75, 3.05) is 13.1 Å². The topological polar surface area (TPSA) is 52.3 Å². The molecule has 1 saturated carbocycles. The number of benzene rings is 1. The lowest BCUT2D eigenvalue weighted by molar-refractivity contribution is 0.0522. The summed E-state index contributed by atoms with van der Waals surface area (Å²) in [4.78, 5) is 13.5. The van der Waals surface area contributed by atoms with E-state index in [4.69, 9.17) is 0 Å². The fraction of sp³-hybridized carbons (Fsp3) is 0.625. The number of rotatable bonds is 7. The third kappa shape index (κ3) is 2.65. The molecule has 7 atom stereocenters. The number of hydrogen-bond donors (Lipinski definition) is 2. The Morgan fingerprint density at radius 3 is 2.64 bits per heavy atom. The van der Waals surface area contributed by atoms with Gasteiger partial charge in [0.25, 0.3) is 0 Å². The maximum Gasteiger partial charge on any atom is 0.150 e. The summed E-state index contributed by atoms with van der Waals surface area (Å²) in [6, 6.07) is 8.82. The molecule has 5 aliphatic rings. The molecule has 1 unspecified atom stereocenters. The fourth-order valence-corrected chi connectivity index (χ4v) is 6.63. The van der Waals surface area contributed by atoms with Crippen molar-refractivity contribution in [3.05, 3.63) is 47.5 Å². The van der Waals surface area contributed by atoms with E-state index in [1.807, 2.05) is 12.1 Å². The van der Waals surface area contributed by atoms with E-state index in [-0.39, 0.29) is 12.0 Å². The highest BCUT2D eigenvalue weighted by atomic mass is 16.3. The Balaban J connectivity index is 1.51. The van der Waals surface area contributed by atoms with Crippen molar-refractivity contribution in [2.45, 2.75) is 62.8 Å². The van der Waals surface area contributed by atoms with Crippen LogP contribution in [0.3, 0.4) is 0 Å². The minimum atomic E-state index is -0.651. The summed E-state index contributed by atoms with van der Waals surface area (Å²) in [5.41, 5.74) is 1.44. The van der Waals surface area contributed by atoms with E-state index in [1.54, 1.807) is 0 Å². The van der Waals surface area contributed by atoms with Crippen LogP contribution in [0, 0.1) is 17.8 Å². The van der Waals surface area contributed by atoms with Gasteiger partial charge in [-0.3, -0.25) is 9.69 Å². The number of piperidine rings is 1. The van der Waals surface area contributed by atoms with Crippen LogP contribution in [0.5, 0.6) is 0 Å². The SMILES string of the molecule is CCNC[C@@H]1[C@@H]2C=C[C@H]3N([C@H]2[C@@H](c2ccc(C=O)cc2)C2CCCCC2)[C@]13O. The summed E-state index contributed by atoms with van der Waals surface area (Å²) in [6.07, 6.45) is 12.1. The summed E-state index contributed by atoms with van der Waals surface area (Å²) >= 11 is 0. The Kier molecular flexibility index (Phi) is 4.69. The van der Waals surface area contributed by atoms with Gasteiger partial charge in [-0.25, -0.2) is 0 Å². The highest BCUT2D eigenvalue weighted by Gasteiger charge is 2.77. The van der Waals surface area contributed by atoms with Gasteiger partial charge >= 0.3 is 0 Å². The fourth-order valence-electron chi connectivity index (χ4n) is 6.63. The molecule has 0 amide bonds. The molecule has 2 saturated heterocycles. The van der Waals surface area contributed by atoms with Gasteiger partial charge in [-0.05, 0) is 30.9 Å². The Labute approximate surface area is 168 Å². The van der Waals surface area contributed by atoms with Gasteiger partial charge in [0.2, 0.25) is 0 Å². The van der Waals surface area contributed by atoms with Crippen LogP contribution in [0.4, 0.5) is 0 Å². The van der Waals surface area contributed by atoms with Crippen LogP contribution < -0.4 is 5.32 Å². The van der Waals surface area contributed by atoms with Crippen molar-refractivity contribution in [2.24, 2.45) is 17.8 Å². The first kappa shape index (κ1) is 18.5. The first-order valence-corrected chi connectivity index (χ1v) is 11.1. The largest absolute Gasteiger partial charge is 0.373 e. The predicted molar refractivity (Wildman–Crippen MR) is 110 cm³/mol. The lowest BCUT2D eigenvalue weighted by atomic mass is 9.67. The van der Waals surface area contributed by atoms with Gasteiger partial charge in [0.15, 0.2) is 0 Å². The molecule has 6 rings (SSSR count). The van der Waals surface area contributed by atoms with Crippen molar-refractivity contribution in [3.63, 3.8) is 0 Å². The molecule has 1 aromatic rings. The molecule has 4 heteroatoms. The molecule has 28 heavy (non-hydrogen) atoms. The first-order chi connectivity index (χ1) is 13.7. The minimum Gasteiger partial charge on any atom is -0.373 e. The van der Waals surface area contributed by atoms with Crippen LogP contribution in [0.2, 0.25) is 0 Å². The zero-order valence-electron chi connectivity index (χ0n) is 16.8. The summed E-state index contributed by atoms with van der Waals surface area (Å²) in [5.74, 6) is 1.76. The van der Waals surface area contributed by atoms with Crippen LogP contribution in [0.1, 0.15) is 60.9 Å². The van der Waals surface area contributed by atoms with Crippen LogP contribution in [-0.2, 0) is 0 Å². The minimum absolute atomic E-state index is 0.187. The number of nitrogens with one attached hydrogen (secondary N) is 1. The highest BCUT2D eigenvalue weighted by molar-refractivity contribution is 5.74. The molecule has 3 aliphatic heterocycles. The first-order valence-electron chi connectivity index (χ1n) is 11.1. The summed E-state index contributed by atoms with van der Waals surface area (Å²) in [6.45, 7) is 3.96. The number of carbonyl (C=O) groups excluding carboxylic acids is 1. The van der Waals surface area contributed by atoms with E-state index < -0.39 is 5.72 Å². The molecular formula is C24H32N2O2. The van der Waals surface area contributed by atoms with Crippen molar-refractivity contribution in [1.82, 2.24) is 10.2 Å². The summed E-state index contributed by atoms with van der Waals surface area (Å²) < 4.78 is 0. The van der Waals surface area contributed by atoms with Gasteiger partial charge in [0, 0.05) is 35.9 Å². The Bertz CT molecular complexity index is 754. The average molecular weight is 381 g/mol. The van der Waals surface area contributed by atoms with Crippen LogP contribution >= 0.6 is 0 Å². The van der Waals surface area contributed by atoms with E-state index in [0.29, 0.717) is 23.8 Å². The van der Waals surface area contributed by atoms with Crippen molar-refractivity contribution in [3.8, 4) is 0 Å². The molecule has 3 fully saturated rings. The number of carbonyl (C=O) groups is 1. The van der Waals surface area contributed by atoms with Gasteiger partial charge in [-0.2, -0.15) is 0 Å². The van der Waals surface area contributed by atoms with Gasteiger partial charge in [-0.1, -0.05) is 62.6 Å². The van der Waals surface area contributed by atoms with Crippen LogP contribution in [0.25, 0.3) is 0 Å². The third-order valence-corrected chi connectivity index (χ3v) is 7.92. The number of hydrogen-bond acceptors (Lipinski definition) is 4. The molecule has 1 aromatic carbocycles. The van der Waals surface area contributed by atoms with Gasteiger partial charge in [0.05, 0.1) is 6.04 Å². The van der Waals surface area contributed by atoms with Crippen LogP contribution in [-0.4, -0.2) is 47.2 Å². The number of aldehydes is 1. The highest BCUT2D eigenvalue weighted by Crippen LogP contribution is 2.65. The van der Waals surface area contributed by atoms with E-state index in [1.165, 1.54) is 37.7 Å². The zero-order valence-corrected chi connectivity index (χ0v) is 16.8. The van der Waals surface area contributed by atoms with Gasteiger partial charge < -0.3 is 10.4 Å². The standard InChI is InChI=1S/C24H32N2O2/c1-2-25-14-20-19-12-13-21-24(20,28)26(21)23(19)22(17-6-4-3-5-7-17)18-10-8-16(15-27)9-11-18/h8-13,15,17,19-23,25,28H,2-7,14H2,1H3/t19-,20+,21+,22+,23+,24-,26?/m0/s1. The maximum absolute atomic E-state index is 11.5. The van der Waals surface area contributed by atoms with Crippen molar-refractivity contribution < 1.29 is 9.90 Å². The van der Waals surface area contributed by atoms with E-state index in [0.717, 1.165) is 24.9 Å². The molecule has 4 nitrogen and oxygen atoms in total. The average Bonchev–Trinajstić information content (AvgIpc) is 3.31. The van der Waals surface area contributed by atoms with Gasteiger partial charge in [0.1, 0.15) is 12.0 Å². The monoisotopic (exact) mass is 380 g/mol. The Morgan fingerprint density at radius 1 is 1.21 bits per heavy atom. The Morgan fingerprint density at radius 2 is 1.96 bits per heavy atom. The molecule has 150 valence electrons. The Hall–Kier alpha value is -1.49. The van der Waals surface area contributed by atoms with Crippen LogP contribution in [0.15, 0.2) is 36.4 Å². The maximum atomic E-state index is 11.5. The second kappa shape index (κ2) is 7.08. The van der Waals surface area contributed by atoms with E-state index in [9.17, 15) is 9.90 Å². The molecule has 4 bridgehead atoms. The number of aliphatic hydroxyl groups is 1. The predicted octanol–water partition coefficient (Wildman–Crippen LogP) is 3.33. The number of nitrogens with zero attached hydrogens (tertiary/aromatic N) is 1. The molecule has 0 radical (unpaired) electrons. The quantitative estimate of drug-likeness (QED) is 0.433. The van der Waals surface area contributed by atoms with Crippen molar-refractivity contribution >= 4 is 6.29 Å². The zero-order chi connectivity index (χ0) is 19.3. The molecule has 2 aliphatic carbocycles. The second-order valence-electron chi connectivity index (χ2n) is 9.21. The lowest BCUT2D eigenvalue weighted by Gasteiger charge is -2.41. The molecule has 3 heterocycles. The molecule has 0 aromatic heterocycles.